The van der Waals surface area contributed by atoms with Crippen LogP contribution in [0.5, 0.6) is 0 Å². The number of hydrogen-bond donors (Lipinski definition) is 2. The second-order valence-corrected chi connectivity index (χ2v) is 7.75. The van der Waals surface area contributed by atoms with E-state index in [4.69, 9.17) is 0 Å². The van der Waals surface area contributed by atoms with E-state index >= 15 is 0 Å². The minimum Gasteiger partial charge on any atom is -0.366 e. The molecule has 2 rings (SSSR count). The molecule has 8 nitrogen and oxygen atoms in total. The van der Waals surface area contributed by atoms with Crippen LogP contribution < -0.4 is 10.2 Å². The van der Waals surface area contributed by atoms with Gasteiger partial charge in [-0.2, -0.15) is 0 Å². The summed E-state index contributed by atoms with van der Waals surface area (Å²) in [7, 11) is -7.54. The molecular weight excluding hydrogens is 318 g/mol. The molecule has 0 amide bonds. The summed E-state index contributed by atoms with van der Waals surface area (Å²) in [4.78, 5) is 17.2. The van der Waals surface area contributed by atoms with Crippen molar-refractivity contribution in [3.05, 3.63) is 47.0 Å². The number of aromatic amines is 1. The molecule has 2 aromatic heterocycles. The van der Waals surface area contributed by atoms with E-state index in [0.717, 1.165) is 24.7 Å². The number of sulfonamides is 1. The summed E-state index contributed by atoms with van der Waals surface area (Å²) in [6, 6.07) is 3.50. The lowest BCUT2D eigenvalue weighted by Crippen LogP contribution is -2.21. The zero-order valence-electron chi connectivity index (χ0n) is 10.8. The Hall–Kier alpha value is -2.20. The molecule has 2 aromatic rings. The van der Waals surface area contributed by atoms with Crippen molar-refractivity contribution in [2.24, 2.45) is 0 Å². The number of H-pyrrole nitrogens is 1. The van der Waals surface area contributed by atoms with Gasteiger partial charge in [-0.1, -0.05) is 0 Å². The molecule has 0 bridgehead atoms. The fourth-order valence-electron chi connectivity index (χ4n) is 1.48. The van der Waals surface area contributed by atoms with Gasteiger partial charge in [-0.15, -0.1) is 0 Å². The van der Waals surface area contributed by atoms with Crippen molar-refractivity contribution in [1.29, 1.82) is 0 Å². The van der Waals surface area contributed by atoms with E-state index in [1.807, 2.05) is 0 Å². The Morgan fingerprint density at radius 2 is 1.86 bits per heavy atom. The maximum Gasteiger partial charge on any atom is 0.267 e. The second-order valence-electron chi connectivity index (χ2n) is 4.14. The van der Waals surface area contributed by atoms with Gasteiger partial charge in [0.15, 0.2) is 19.8 Å². The zero-order chi connectivity index (χ0) is 15.7. The van der Waals surface area contributed by atoms with Crippen LogP contribution in [0.25, 0.3) is 0 Å². The van der Waals surface area contributed by atoms with Crippen LogP contribution in [0.4, 0.5) is 5.69 Å². The van der Waals surface area contributed by atoms with Crippen LogP contribution in [0.2, 0.25) is 0 Å². The van der Waals surface area contributed by atoms with Crippen LogP contribution in [0, 0.1) is 0 Å². The molecule has 0 saturated heterocycles. The SMILES string of the molecule is CS(=O)(=O)c1ccc(NS(=O)(=O)c2c[nH]ccc2=O)cn1. The van der Waals surface area contributed by atoms with Crippen LogP contribution in [0.3, 0.4) is 0 Å². The molecule has 0 radical (unpaired) electrons. The molecule has 21 heavy (non-hydrogen) atoms. The quantitative estimate of drug-likeness (QED) is 0.811. The van der Waals surface area contributed by atoms with E-state index in [2.05, 4.69) is 14.7 Å². The first-order valence-corrected chi connectivity index (χ1v) is 8.94. The first-order valence-electron chi connectivity index (χ1n) is 5.56. The number of nitrogens with one attached hydrogen (secondary N) is 2. The van der Waals surface area contributed by atoms with Gasteiger partial charge < -0.3 is 4.98 Å². The van der Waals surface area contributed by atoms with Gasteiger partial charge in [0.1, 0.15) is 0 Å². The van der Waals surface area contributed by atoms with Crippen molar-refractivity contribution < 1.29 is 16.8 Å². The first-order chi connectivity index (χ1) is 9.70. The van der Waals surface area contributed by atoms with Gasteiger partial charge in [0.05, 0.1) is 11.9 Å². The highest BCUT2D eigenvalue weighted by Crippen LogP contribution is 2.14. The Morgan fingerprint density at radius 1 is 1.14 bits per heavy atom. The van der Waals surface area contributed by atoms with Crippen LogP contribution in [-0.2, 0) is 19.9 Å². The van der Waals surface area contributed by atoms with Gasteiger partial charge >= 0.3 is 0 Å². The Morgan fingerprint density at radius 3 is 2.38 bits per heavy atom. The highest BCUT2D eigenvalue weighted by Gasteiger charge is 2.18. The van der Waals surface area contributed by atoms with Gasteiger partial charge in [-0.25, -0.2) is 21.8 Å². The Labute approximate surface area is 120 Å². The second kappa shape index (κ2) is 5.30. The minimum atomic E-state index is -4.08. The van der Waals surface area contributed by atoms with Gasteiger partial charge in [-0.3, -0.25) is 9.52 Å². The summed E-state index contributed by atoms with van der Waals surface area (Å²) in [5.41, 5.74) is -0.618. The first kappa shape index (κ1) is 15.2. The molecule has 0 fully saturated rings. The van der Waals surface area contributed by atoms with Crippen molar-refractivity contribution in [2.45, 2.75) is 9.92 Å². The van der Waals surface area contributed by atoms with Crippen LogP contribution in [0.1, 0.15) is 0 Å². The molecule has 0 unspecified atom stereocenters. The summed E-state index contributed by atoms with van der Waals surface area (Å²) in [6.45, 7) is 0. The fourth-order valence-corrected chi connectivity index (χ4v) is 3.14. The maximum absolute atomic E-state index is 12.0. The highest BCUT2D eigenvalue weighted by atomic mass is 32.2. The van der Waals surface area contributed by atoms with Crippen molar-refractivity contribution in [2.75, 3.05) is 11.0 Å². The van der Waals surface area contributed by atoms with Crippen molar-refractivity contribution in [3.63, 3.8) is 0 Å². The molecule has 0 aliphatic heterocycles. The van der Waals surface area contributed by atoms with Gasteiger partial charge in [0.2, 0.25) is 5.43 Å². The standard InChI is InChI=1S/C11H11N3O5S2/c1-20(16,17)11-3-2-8(6-13-11)14-21(18,19)10-7-12-5-4-9(10)15/h2-7,14H,1H3,(H,12,15). The molecule has 10 heteroatoms. The highest BCUT2D eigenvalue weighted by molar-refractivity contribution is 7.92. The van der Waals surface area contributed by atoms with Crippen LogP contribution in [-0.4, -0.2) is 33.1 Å². The van der Waals surface area contributed by atoms with Gasteiger partial charge in [0.25, 0.3) is 10.0 Å². The molecule has 0 aliphatic carbocycles. The Kier molecular flexibility index (Phi) is 3.83. The predicted molar refractivity (Wildman–Crippen MR) is 75.2 cm³/mol. The average Bonchev–Trinajstić information content (AvgIpc) is 2.38. The molecule has 0 aliphatic rings. The van der Waals surface area contributed by atoms with E-state index < -0.39 is 30.2 Å². The molecule has 2 N–H and O–H groups in total. The Bertz CT molecular complexity index is 915. The normalized spacial score (nSPS) is 12.0. The molecular formula is C11H11N3O5S2. The third-order valence-corrected chi connectivity index (χ3v) is 4.85. The number of aromatic nitrogens is 2. The van der Waals surface area contributed by atoms with Crippen molar-refractivity contribution >= 4 is 25.5 Å². The maximum atomic E-state index is 12.0. The average molecular weight is 329 g/mol. The summed E-state index contributed by atoms with van der Waals surface area (Å²) in [5.74, 6) is 0. The third-order valence-electron chi connectivity index (χ3n) is 2.45. The monoisotopic (exact) mass is 329 g/mol. The van der Waals surface area contributed by atoms with E-state index in [-0.39, 0.29) is 10.7 Å². The number of anilines is 1. The number of hydrogen-bond acceptors (Lipinski definition) is 6. The summed E-state index contributed by atoms with van der Waals surface area (Å²) in [6.07, 6.45) is 4.42. The summed E-state index contributed by atoms with van der Waals surface area (Å²) in [5, 5.41) is -0.178. The van der Waals surface area contributed by atoms with Gasteiger partial charge in [-0.05, 0) is 12.1 Å². The van der Waals surface area contributed by atoms with E-state index in [0.29, 0.717) is 0 Å². The Balaban J connectivity index is 2.34. The van der Waals surface area contributed by atoms with Crippen molar-refractivity contribution in [3.8, 4) is 0 Å². The van der Waals surface area contributed by atoms with E-state index in [9.17, 15) is 21.6 Å². The number of pyridine rings is 2. The zero-order valence-corrected chi connectivity index (χ0v) is 12.4. The van der Waals surface area contributed by atoms with E-state index in [1.54, 1.807) is 0 Å². The summed E-state index contributed by atoms with van der Waals surface area (Å²) >= 11 is 0. The molecule has 0 spiro atoms. The van der Waals surface area contributed by atoms with Gasteiger partial charge in [0, 0.05) is 24.7 Å². The smallest absolute Gasteiger partial charge is 0.267 e. The number of rotatable bonds is 4. The lowest BCUT2D eigenvalue weighted by Gasteiger charge is -2.07. The molecule has 0 aromatic carbocycles. The van der Waals surface area contributed by atoms with Crippen molar-refractivity contribution in [1.82, 2.24) is 9.97 Å². The van der Waals surface area contributed by atoms with Crippen LogP contribution >= 0.6 is 0 Å². The van der Waals surface area contributed by atoms with Crippen LogP contribution in [0.15, 0.2) is 51.5 Å². The lowest BCUT2D eigenvalue weighted by atomic mass is 10.4. The number of nitrogens with zero attached hydrogens (tertiary/aromatic N) is 1. The number of sulfone groups is 1. The largest absolute Gasteiger partial charge is 0.366 e. The van der Waals surface area contributed by atoms with E-state index in [1.165, 1.54) is 18.3 Å². The predicted octanol–water partition coefficient (Wildman–Crippen LogP) is -0.0258. The molecule has 112 valence electrons. The molecule has 0 atom stereocenters. The molecule has 0 saturated carbocycles. The fraction of sp³-hybridized carbons (Fsp3) is 0.0909. The third kappa shape index (κ3) is 3.47. The lowest BCUT2D eigenvalue weighted by molar-refractivity contribution is 0.598. The topological polar surface area (TPSA) is 126 Å². The summed E-state index contributed by atoms with van der Waals surface area (Å²) < 4.78 is 48.7. The molecule has 2 heterocycles. The minimum absolute atomic E-state index is 0.0469.